The third kappa shape index (κ3) is 9.57. The zero-order valence-electron chi connectivity index (χ0n) is 21.1. The first-order valence-corrected chi connectivity index (χ1v) is 12.6. The van der Waals surface area contributed by atoms with Crippen molar-refractivity contribution in [1.82, 2.24) is 0 Å². The fraction of sp³-hybridized carbons (Fsp3) is 0.731. The average molecular weight is 499 g/mol. The van der Waals surface area contributed by atoms with E-state index < -0.39 is 37.3 Å². The first-order valence-electron chi connectivity index (χ1n) is 12.6. The van der Waals surface area contributed by atoms with E-state index in [0.717, 1.165) is 24.3 Å². The van der Waals surface area contributed by atoms with Gasteiger partial charge in [0.05, 0.1) is 20.3 Å². The molecule has 0 aliphatic carbocycles. The number of carbonyl (C=O) groups excluding carboxylic acids is 1. The Morgan fingerprint density at radius 3 is 2.40 bits per heavy atom. The molecule has 35 heavy (non-hydrogen) atoms. The van der Waals surface area contributed by atoms with E-state index in [1.165, 1.54) is 32.8 Å². The van der Waals surface area contributed by atoms with Crippen molar-refractivity contribution in [3.63, 3.8) is 0 Å². The van der Waals surface area contributed by atoms with E-state index in [-0.39, 0.29) is 18.1 Å². The van der Waals surface area contributed by atoms with E-state index in [2.05, 4.69) is 13.8 Å². The summed E-state index contributed by atoms with van der Waals surface area (Å²) < 4.78 is 21.7. The lowest BCUT2D eigenvalue weighted by atomic mass is 9.99. The summed E-state index contributed by atoms with van der Waals surface area (Å²) in [6, 6.07) is 5.08. The monoisotopic (exact) mass is 498 g/mol. The first-order chi connectivity index (χ1) is 16.8. The third-order valence-electron chi connectivity index (χ3n) is 6.13. The molecule has 1 saturated heterocycles. The van der Waals surface area contributed by atoms with Crippen molar-refractivity contribution in [2.45, 2.75) is 95.9 Å². The number of hydrogen-bond donors (Lipinski definition) is 4. The minimum Gasteiger partial charge on any atom is -0.493 e. The van der Waals surface area contributed by atoms with E-state index in [0.29, 0.717) is 18.8 Å². The highest BCUT2D eigenvalue weighted by atomic mass is 16.7. The molecular formula is C26H42O9. The molecule has 4 N–H and O–H groups in total. The van der Waals surface area contributed by atoms with Crippen LogP contribution in [0.5, 0.6) is 11.5 Å². The molecule has 0 amide bonds. The molecule has 0 bridgehead atoms. The molecule has 0 aromatic heterocycles. The summed E-state index contributed by atoms with van der Waals surface area (Å²) in [5, 5.41) is 39.3. The number of methoxy groups -OCH3 is 1. The molecule has 0 saturated carbocycles. The predicted octanol–water partition coefficient (Wildman–Crippen LogP) is 2.35. The van der Waals surface area contributed by atoms with Gasteiger partial charge in [-0.05, 0) is 36.5 Å². The van der Waals surface area contributed by atoms with Crippen LogP contribution in [0.3, 0.4) is 0 Å². The van der Waals surface area contributed by atoms with Gasteiger partial charge in [0.15, 0.2) is 11.5 Å². The summed E-state index contributed by atoms with van der Waals surface area (Å²) in [4.78, 5) is 12.1. The maximum Gasteiger partial charge on any atom is 0.306 e. The number of unbranched alkanes of at least 4 members (excludes halogenated alkanes) is 4. The molecule has 5 atom stereocenters. The Hall–Kier alpha value is -1.91. The molecule has 0 spiro atoms. The Morgan fingerprint density at radius 2 is 1.71 bits per heavy atom. The molecule has 200 valence electrons. The number of aliphatic hydroxyl groups is 4. The summed E-state index contributed by atoms with van der Waals surface area (Å²) >= 11 is 0. The molecule has 5 unspecified atom stereocenters. The predicted molar refractivity (Wildman–Crippen MR) is 129 cm³/mol. The highest BCUT2D eigenvalue weighted by molar-refractivity contribution is 5.69. The second kappa shape index (κ2) is 15.3. The number of aliphatic hydroxyl groups excluding tert-OH is 4. The van der Waals surface area contributed by atoms with Crippen LogP contribution in [-0.2, 0) is 20.7 Å². The van der Waals surface area contributed by atoms with Gasteiger partial charge in [-0.15, -0.1) is 0 Å². The first kappa shape index (κ1) is 29.3. The van der Waals surface area contributed by atoms with Gasteiger partial charge < -0.3 is 39.4 Å². The molecule has 9 heteroatoms. The molecule has 0 radical (unpaired) electrons. The summed E-state index contributed by atoms with van der Waals surface area (Å²) in [6.07, 6.45) is 0.668. The fourth-order valence-electron chi connectivity index (χ4n) is 3.94. The van der Waals surface area contributed by atoms with Gasteiger partial charge in [0.1, 0.15) is 24.4 Å². The summed E-state index contributed by atoms with van der Waals surface area (Å²) in [5.74, 6) is 1.11. The van der Waals surface area contributed by atoms with Crippen molar-refractivity contribution in [1.29, 1.82) is 0 Å². The van der Waals surface area contributed by atoms with Gasteiger partial charge in [-0.3, -0.25) is 4.79 Å². The second-order valence-corrected chi connectivity index (χ2v) is 9.47. The van der Waals surface area contributed by atoms with Gasteiger partial charge in [0.2, 0.25) is 6.29 Å². The number of hydrogen-bond acceptors (Lipinski definition) is 9. The minimum atomic E-state index is -1.54. The topological polar surface area (TPSA) is 135 Å². The number of aryl methyl sites for hydroxylation is 1. The maximum absolute atomic E-state index is 12.1. The van der Waals surface area contributed by atoms with Crippen molar-refractivity contribution >= 4 is 5.97 Å². The van der Waals surface area contributed by atoms with Crippen molar-refractivity contribution in [2.75, 3.05) is 20.3 Å². The van der Waals surface area contributed by atoms with Crippen LogP contribution in [0.2, 0.25) is 0 Å². The standard InChI is InChI=1S/C26H42O9/c1-17(2)9-7-5-4-6-8-14-33-22(28)13-11-18-10-12-19(20(15-18)32-3)34-26-25(31)24(30)23(29)21(16-27)35-26/h10,12,15,17,21,23-27,29-31H,4-9,11,13-14,16H2,1-3H3. The largest absolute Gasteiger partial charge is 0.493 e. The maximum atomic E-state index is 12.1. The van der Waals surface area contributed by atoms with Crippen molar-refractivity contribution in [2.24, 2.45) is 5.92 Å². The van der Waals surface area contributed by atoms with Gasteiger partial charge in [-0.1, -0.05) is 52.0 Å². The Labute approximate surface area is 208 Å². The van der Waals surface area contributed by atoms with Crippen LogP contribution in [0.4, 0.5) is 0 Å². The number of esters is 1. The number of ether oxygens (including phenoxy) is 4. The van der Waals surface area contributed by atoms with Crippen molar-refractivity contribution in [3.8, 4) is 11.5 Å². The molecular weight excluding hydrogens is 456 g/mol. The zero-order chi connectivity index (χ0) is 25.8. The van der Waals surface area contributed by atoms with Crippen LogP contribution in [-0.4, -0.2) is 77.4 Å². The van der Waals surface area contributed by atoms with Gasteiger partial charge in [-0.25, -0.2) is 0 Å². The van der Waals surface area contributed by atoms with E-state index >= 15 is 0 Å². The molecule has 1 aliphatic heterocycles. The Bertz CT molecular complexity index is 752. The SMILES string of the molecule is COc1cc(CCC(=O)OCCCCCCCC(C)C)ccc1OC1OC(CO)C(O)C(O)C1O. The van der Waals surface area contributed by atoms with Crippen molar-refractivity contribution < 1.29 is 44.2 Å². The van der Waals surface area contributed by atoms with Gasteiger partial charge in [0.25, 0.3) is 0 Å². The Kier molecular flexibility index (Phi) is 12.8. The van der Waals surface area contributed by atoms with E-state index in [4.69, 9.17) is 18.9 Å². The van der Waals surface area contributed by atoms with E-state index in [1.54, 1.807) is 18.2 Å². The Balaban J connectivity index is 1.77. The smallest absolute Gasteiger partial charge is 0.306 e. The molecule has 1 aromatic carbocycles. The van der Waals surface area contributed by atoms with Crippen LogP contribution in [0.1, 0.15) is 64.4 Å². The second-order valence-electron chi connectivity index (χ2n) is 9.47. The van der Waals surface area contributed by atoms with Gasteiger partial charge in [0, 0.05) is 6.42 Å². The highest BCUT2D eigenvalue weighted by Crippen LogP contribution is 2.32. The van der Waals surface area contributed by atoms with Gasteiger partial charge in [-0.2, -0.15) is 0 Å². The van der Waals surface area contributed by atoms with Crippen LogP contribution in [0.25, 0.3) is 0 Å². The highest BCUT2D eigenvalue weighted by Gasteiger charge is 2.44. The lowest BCUT2D eigenvalue weighted by molar-refractivity contribution is -0.277. The molecule has 1 aliphatic rings. The van der Waals surface area contributed by atoms with Crippen molar-refractivity contribution in [3.05, 3.63) is 23.8 Å². The zero-order valence-corrected chi connectivity index (χ0v) is 21.1. The van der Waals surface area contributed by atoms with E-state index in [9.17, 15) is 25.2 Å². The quantitative estimate of drug-likeness (QED) is 0.212. The minimum absolute atomic E-state index is 0.241. The molecule has 1 fully saturated rings. The number of rotatable bonds is 15. The Morgan fingerprint density at radius 1 is 1.00 bits per heavy atom. The third-order valence-corrected chi connectivity index (χ3v) is 6.13. The van der Waals surface area contributed by atoms with E-state index in [1.807, 2.05) is 0 Å². The summed E-state index contributed by atoms with van der Waals surface area (Å²) in [7, 11) is 1.45. The molecule has 1 aromatic rings. The average Bonchev–Trinajstić information content (AvgIpc) is 2.84. The number of benzene rings is 1. The lowest BCUT2D eigenvalue weighted by Gasteiger charge is -2.39. The van der Waals surface area contributed by atoms with Crippen LogP contribution in [0.15, 0.2) is 18.2 Å². The number of carbonyl (C=O) groups is 1. The van der Waals surface area contributed by atoms with Gasteiger partial charge >= 0.3 is 5.97 Å². The van der Waals surface area contributed by atoms with Crippen LogP contribution < -0.4 is 9.47 Å². The van der Waals surface area contributed by atoms with Crippen LogP contribution in [0, 0.1) is 5.92 Å². The molecule has 9 nitrogen and oxygen atoms in total. The summed E-state index contributed by atoms with van der Waals surface area (Å²) in [6.45, 7) is 4.37. The molecule has 1 heterocycles. The van der Waals surface area contributed by atoms with Crippen LogP contribution >= 0.6 is 0 Å². The normalized spacial score (nSPS) is 24.4. The molecule has 2 rings (SSSR count). The lowest BCUT2D eigenvalue weighted by Crippen LogP contribution is -2.60. The fourth-order valence-corrected chi connectivity index (χ4v) is 3.94. The summed E-state index contributed by atoms with van der Waals surface area (Å²) in [5.41, 5.74) is 0.838.